The van der Waals surface area contributed by atoms with Crippen LogP contribution in [0.5, 0.6) is 0 Å². The Balaban J connectivity index is 2.17. The van der Waals surface area contributed by atoms with Crippen LogP contribution in [0.25, 0.3) is 0 Å². The van der Waals surface area contributed by atoms with Gasteiger partial charge in [-0.25, -0.2) is 8.42 Å². The molecule has 1 saturated heterocycles. The molecule has 20 heavy (non-hydrogen) atoms. The summed E-state index contributed by atoms with van der Waals surface area (Å²) in [4.78, 5) is 2.04. The van der Waals surface area contributed by atoms with Crippen molar-refractivity contribution in [3.05, 3.63) is 29.3 Å². The van der Waals surface area contributed by atoms with Gasteiger partial charge in [0, 0.05) is 32.7 Å². The van der Waals surface area contributed by atoms with Gasteiger partial charge in [0.2, 0.25) is 10.0 Å². The van der Waals surface area contributed by atoms with Gasteiger partial charge in [-0.2, -0.15) is 9.57 Å². The molecule has 6 nitrogen and oxygen atoms in total. The Kier molecular flexibility index (Phi) is 4.28. The highest BCUT2D eigenvalue weighted by molar-refractivity contribution is 7.88. The average Bonchev–Trinajstić information content (AvgIpc) is 2.45. The lowest BCUT2D eigenvalue weighted by molar-refractivity contribution is 0.388. The molecule has 2 N–H and O–H groups in total. The molecule has 0 aromatic heterocycles. The second kappa shape index (κ2) is 5.79. The first-order valence-electron chi connectivity index (χ1n) is 6.39. The molecule has 0 aliphatic carbocycles. The fourth-order valence-electron chi connectivity index (χ4n) is 2.34. The minimum Gasteiger partial charge on any atom is -0.368 e. The lowest BCUT2D eigenvalue weighted by atomic mass is 10.1. The zero-order chi connectivity index (χ0) is 14.8. The molecule has 1 aliphatic heterocycles. The van der Waals surface area contributed by atoms with Crippen LogP contribution in [-0.2, 0) is 16.6 Å². The number of nitrogens with two attached hydrogens (primary N) is 1. The number of rotatable bonds is 3. The first-order chi connectivity index (χ1) is 9.45. The standard InChI is InChI=1S/C13H18N4O2S/c1-20(18,19)17-6-4-16(5-7-17)13-3-2-11(9-14)8-12(13)10-15/h2-3,8H,4-7,9,14H2,1H3. The van der Waals surface area contributed by atoms with Crippen molar-refractivity contribution < 1.29 is 8.42 Å². The minimum atomic E-state index is -3.13. The Morgan fingerprint density at radius 2 is 1.95 bits per heavy atom. The Morgan fingerprint density at radius 3 is 2.45 bits per heavy atom. The quantitative estimate of drug-likeness (QED) is 0.853. The van der Waals surface area contributed by atoms with Crippen molar-refractivity contribution >= 4 is 15.7 Å². The number of hydrogen-bond acceptors (Lipinski definition) is 5. The fourth-order valence-corrected chi connectivity index (χ4v) is 3.16. The molecule has 0 unspecified atom stereocenters. The van der Waals surface area contributed by atoms with Gasteiger partial charge in [0.15, 0.2) is 0 Å². The lowest BCUT2D eigenvalue weighted by Crippen LogP contribution is -2.48. The van der Waals surface area contributed by atoms with Gasteiger partial charge >= 0.3 is 0 Å². The van der Waals surface area contributed by atoms with Crippen molar-refractivity contribution in [3.63, 3.8) is 0 Å². The summed E-state index contributed by atoms with van der Waals surface area (Å²) in [5.74, 6) is 0. The molecule has 1 aromatic rings. The molecular formula is C13H18N4O2S. The van der Waals surface area contributed by atoms with Crippen LogP contribution in [0.1, 0.15) is 11.1 Å². The summed E-state index contributed by atoms with van der Waals surface area (Å²) in [6.45, 7) is 2.47. The van der Waals surface area contributed by atoms with Crippen LogP contribution >= 0.6 is 0 Å². The topological polar surface area (TPSA) is 90.4 Å². The van der Waals surface area contributed by atoms with Crippen LogP contribution in [0.15, 0.2) is 18.2 Å². The smallest absolute Gasteiger partial charge is 0.211 e. The van der Waals surface area contributed by atoms with Crippen molar-refractivity contribution in [3.8, 4) is 6.07 Å². The molecule has 0 bridgehead atoms. The number of sulfonamides is 1. The van der Waals surface area contributed by atoms with E-state index in [9.17, 15) is 13.7 Å². The summed E-state index contributed by atoms with van der Waals surface area (Å²) in [5.41, 5.74) is 7.92. The number of nitriles is 1. The van der Waals surface area contributed by atoms with E-state index in [1.807, 2.05) is 17.0 Å². The summed E-state index contributed by atoms with van der Waals surface area (Å²) < 4.78 is 24.4. The van der Waals surface area contributed by atoms with Crippen molar-refractivity contribution in [1.82, 2.24) is 4.31 Å². The molecule has 0 atom stereocenters. The average molecular weight is 294 g/mol. The van der Waals surface area contributed by atoms with Crippen molar-refractivity contribution in [1.29, 1.82) is 5.26 Å². The first kappa shape index (κ1) is 14.8. The van der Waals surface area contributed by atoms with Gasteiger partial charge in [-0.1, -0.05) is 6.07 Å². The van der Waals surface area contributed by atoms with Crippen LogP contribution in [-0.4, -0.2) is 45.2 Å². The van der Waals surface area contributed by atoms with E-state index in [1.165, 1.54) is 10.6 Å². The molecule has 1 fully saturated rings. The third kappa shape index (κ3) is 3.10. The van der Waals surface area contributed by atoms with Gasteiger partial charge in [-0.05, 0) is 17.7 Å². The van der Waals surface area contributed by atoms with Gasteiger partial charge in [0.05, 0.1) is 17.5 Å². The molecule has 7 heteroatoms. The molecule has 0 amide bonds. The first-order valence-corrected chi connectivity index (χ1v) is 8.23. The highest BCUT2D eigenvalue weighted by atomic mass is 32.2. The van der Waals surface area contributed by atoms with Crippen molar-refractivity contribution in [2.45, 2.75) is 6.54 Å². The van der Waals surface area contributed by atoms with E-state index in [4.69, 9.17) is 5.73 Å². The summed E-state index contributed by atoms with van der Waals surface area (Å²) in [6.07, 6.45) is 1.22. The maximum absolute atomic E-state index is 11.5. The second-order valence-electron chi connectivity index (χ2n) is 4.82. The zero-order valence-electron chi connectivity index (χ0n) is 11.4. The van der Waals surface area contributed by atoms with E-state index >= 15 is 0 Å². The van der Waals surface area contributed by atoms with E-state index in [0.29, 0.717) is 38.3 Å². The normalized spacial score (nSPS) is 16.9. The summed E-state index contributed by atoms with van der Waals surface area (Å²) in [6, 6.07) is 7.76. The summed E-state index contributed by atoms with van der Waals surface area (Å²) >= 11 is 0. The molecule has 0 spiro atoms. The predicted molar refractivity (Wildman–Crippen MR) is 77.7 cm³/mol. The highest BCUT2D eigenvalue weighted by Crippen LogP contribution is 2.23. The molecular weight excluding hydrogens is 276 g/mol. The van der Waals surface area contributed by atoms with E-state index in [2.05, 4.69) is 6.07 Å². The Hall–Kier alpha value is -1.62. The highest BCUT2D eigenvalue weighted by Gasteiger charge is 2.24. The maximum atomic E-state index is 11.5. The van der Waals surface area contributed by atoms with Crippen molar-refractivity contribution in [2.75, 3.05) is 37.3 Å². The van der Waals surface area contributed by atoms with Crippen LogP contribution in [0.4, 0.5) is 5.69 Å². The number of piperazine rings is 1. The minimum absolute atomic E-state index is 0.400. The molecule has 2 rings (SSSR count). The van der Waals surface area contributed by atoms with Crippen LogP contribution in [0.3, 0.4) is 0 Å². The summed E-state index contributed by atoms with van der Waals surface area (Å²) in [7, 11) is -3.13. The van der Waals surface area contributed by atoms with Gasteiger partial charge in [-0.15, -0.1) is 0 Å². The van der Waals surface area contributed by atoms with E-state index in [-0.39, 0.29) is 0 Å². The Labute approximate surface area is 119 Å². The van der Waals surface area contributed by atoms with E-state index < -0.39 is 10.0 Å². The molecule has 108 valence electrons. The van der Waals surface area contributed by atoms with Crippen LogP contribution < -0.4 is 10.6 Å². The fraction of sp³-hybridized carbons (Fsp3) is 0.462. The molecule has 1 heterocycles. The van der Waals surface area contributed by atoms with Gasteiger partial charge in [0.25, 0.3) is 0 Å². The van der Waals surface area contributed by atoms with Crippen molar-refractivity contribution in [2.24, 2.45) is 5.73 Å². The third-order valence-corrected chi connectivity index (χ3v) is 4.77. The Morgan fingerprint density at radius 1 is 1.30 bits per heavy atom. The van der Waals surface area contributed by atoms with Crippen LogP contribution in [0, 0.1) is 11.3 Å². The van der Waals surface area contributed by atoms with Gasteiger partial charge in [-0.3, -0.25) is 0 Å². The third-order valence-electron chi connectivity index (χ3n) is 3.47. The summed E-state index contributed by atoms with van der Waals surface area (Å²) in [5, 5.41) is 9.23. The predicted octanol–water partition coefficient (Wildman–Crippen LogP) is 0.0986. The maximum Gasteiger partial charge on any atom is 0.211 e. The molecule has 0 saturated carbocycles. The monoisotopic (exact) mass is 294 g/mol. The lowest BCUT2D eigenvalue weighted by Gasteiger charge is -2.35. The number of hydrogen-bond donors (Lipinski definition) is 1. The number of anilines is 1. The largest absolute Gasteiger partial charge is 0.368 e. The zero-order valence-corrected chi connectivity index (χ0v) is 12.2. The molecule has 0 radical (unpaired) electrons. The van der Waals surface area contributed by atoms with E-state index in [1.54, 1.807) is 6.07 Å². The Bertz CT molecular complexity index is 628. The van der Waals surface area contributed by atoms with E-state index in [0.717, 1.165) is 11.3 Å². The molecule has 1 aliphatic rings. The van der Waals surface area contributed by atoms with Crippen LogP contribution in [0.2, 0.25) is 0 Å². The SMILES string of the molecule is CS(=O)(=O)N1CCN(c2ccc(CN)cc2C#N)CC1. The van der Waals surface area contributed by atoms with Gasteiger partial charge < -0.3 is 10.6 Å². The molecule has 1 aromatic carbocycles. The second-order valence-corrected chi connectivity index (χ2v) is 6.80. The number of benzene rings is 1. The number of nitrogens with zero attached hydrogens (tertiary/aromatic N) is 3. The van der Waals surface area contributed by atoms with Gasteiger partial charge in [0.1, 0.15) is 6.07 Å².